The maximum absolute atomic E-state index is 14.2. The maximum Gasteiger partial charge on any atom is 0.267 e. The number of thiophene rings is 1. The Balaban J connectivity index is 1.33. The van der Waals surface area contributed by atoms with Gasteiger partial charge in [0.15, 0.2) is 5.16 Å². The molecule has 1 N–H and O–H groups in total. The van der Waals surface area contributed by atoms with E-state index in [-0.39, 0.29) is 17.2 Å². The number of nitrogens with zero attached hydrogens (tertiary/aromatic N) is 3. The fourth-order valence-corrected chi connectivity index (χ4v) is 7.40. The van der Waals surface area contributed by atoms with E-state index < -0.39 is 0 Å². The predicted octanol–water partition coefficient (Wildman–Crippen LogP) is 6.44. The lowest BCUT2D eigenvalue weighted by Gasteiger charge is -2.26. The number of benzene rings is 3. The minimum atomic E-state index is -0.153. The van der Waals surface area contributed by atoms with Crippen molar-refractivity contribution in [1.29, 1.82) is 0 Å². The summed E-state index contributed by atoms with van der Waals surface area (Å²) in [7, 11) is 0. The quantitative estimate of drug-likeness (QED) is 0.156. The number of thioether (sulfide) groups is 1. The van der Waals surface area contributed by atoms with Crippen molar-refractivity contribution in [3.8, 4) is 11.4 Å². The number of carbonyl (C=O) groups is 1. The molecule has 0 atom stereocenters. The van der Waals surface area contributed by atoms with Crippen LogP contribution in [0, 0.1) is 6.92 Å². The molecule has 42 heavy (non-hydrogen) atoms. The smallest absolute Gasteiger partial charge is 0.267 e. The Labute approximate surface area is 253 Å². The number of hydrogen-bond acceptors (Lipinski definition) is 7. The fourth-order valence-electron chi connectivity index (χ4n) is 5.29. The van der Waals surface area contributed by atoms with Crippen LogP contribution in [-0.2, 0) is 24.3 Å². The molecule has 5 aromatic rings. The van der Waals surface area contributed by atoms with Crippen LogP contribution in [0.4, 0.5) is 5.69 Å². The largest absolute Gasteiger partial charge is 0.494 e. The average Bonchev–Trinajstić information content (AvgIpc) is 3.35. The van der Waals surface area contributed by atoms with Crippen LogP contribution in [0.3, 0.4) is 0 Å². The van der Waals surface area contributed by atoms with E-state index in [0.29, 0.717) is 22.8 Å². The summed E-state index contributed by atoms with van der Waals surface area (Å²) >= 11 is 2.86. The normalized spacial score (nSPS) is 13.2. The summed E-state index contributed by atoms with van der Waals surface area (Å²) in [6.07, 6.45) is 0.799. The molecule has 3 heterocycles. The molecule has 1 aliphatic rings. The van der Waals surface area contributed by atoms with E-state index in [1.807, 2.05) is 68.4 Å². The zero-order valence-corrected chi connectivity index (χ0v) is 25.3. The van der Waals surface area contributed by atoms with Crippen LogP contribution in [0.15, 0.2) is 88.8 Å². The second-order valence-corrected chi connectivity index (χ2v) is 12.3. The summed E-state index contributed by atoms with van der Waals surface area (Å²) < 4.78 is 7.27. The molecular weight excluding hydrogens is 565 g/mol. The number of hydrogen-bond donors (Lipinski definition) is 1. The summed E-state index contributed by atoms with van der Waals surface area (Å²) in [6, 6.07) is 25.6. The van der Waals surface area contributed by atoms with Gasteiger partial charge in [-0.3, -0.25) is 19.1 Å². The summed E-state index contributed by atoms with van der Waals surface area (Å²) in [4.78, 5) is 36.4. The minimum absolute atomic E-state index is 0.0974. The average molecular weight is 597 g/mol. The molecule has 0 aliphatic carbocycles. The Morgan fingerprint density at radius 2 is 1.88 bits per heavy atom. The molecule has 0 unspecified atom stereocenters. The molecular formula is C33H32N4O3S2. The summed E-state index contributed by atoms with van der Waals surface area (Å²) in [5.41, 5.74) is 4.80. The van der Waals surface area contributed by atoms with Gasteiger partial charge in [0, 0.05) is 30.2 Å². The van der Waals surface area contributed by atoms with Crippen LogP contribution in [0.2, 0.25) is 0 Å². The zero-order valence-electron chi connectivity index (χ0n) is 23.6. The van der Waals surface area contributed by atoms with Crippen molar-refractivity contribution >= 4 is 44.9 Å². The van der Waals surface area contributed by atoms with E-state index in [1.54, 1.807) is 15.9 Å². The molecule has 0 saturated carbocycles. The highest BCUT2D eigenvalue weighted by molar-refractivity contribution is 7.99. The third-order valence-corrected chi connectivity index (χ3v) is 9.26. The number of fused-ring (bicyclic) bond motifs is 3. The molecule has 0 fully saturated rings. The van der Waals surface area contributed by atoms with Crippen molar-refractivity contribution in [3.63, 3.8) is 0 Å². The number of aromatic nitrogens is 2. The molecule has 6 rings (SSSR count). The monoisotopic (exact) mass is 596 g/mol. The summed E-state index contributed by atoms with van der Waals surface area (Å²) in [5.74, 6) is 0.709. The van der Waals surface area contributed by atoms with Gasteiger partial charge in [-0.2, -0.15) is 0 Å². The van der Waals surface area contributed by atoms with E-state index in [0.717, 1.165) is 53.4 Å². The van der Waals surface area contributed by atoms with E-state index in [2.05, 4.69) is 34.5 Å². The molecule has 1 aliphatic heterocycles. The number of ether oxygens (including phenoxy) is 1. The van der Waals surface area contributed by atoms with Gasteiger partial charge in [-0.25, -0.2) is 4.98 Å². The van der Waals surface area contributed by atoms with Crippen molar-refractivity contribution in [3.05, 3.63) is 111 Å². The van der Waals surface area contributed by atoms with Crippen LogP contribution in [-0.4, -0.2) is 39.3 Å². The number of carbonyl (C=O) groups excluding carboxylic acids is 1. The first-order chi connectivity index (χ1) is 20.5. The number of nitrogens with one attached hydrogen (secondary N) is 1. The van der Waals surface area contributed by atoms with Crippen molar-refractivity contribution in [2.24, 2.45) is 0 Å². The molecule has 0 bridgehead atoms. The molecule has 0 saturated heterocycles. The Kier molecular flexibility index (Phi) is 8.41. The highest BCUT2D eigenvalue weighted by Gasteiger charge is 2.26. The molecule has 3 aromatic carbocycles. The summed E-state index contributed by atoms with van der Waals surface area (Å²) in [6.45, 7) is 7.02. The van der Waals surface area contributed by atoms with E-state index >= 15 is 0 Å². The van der Waals surface area contributed by atoms with Gasteiger partial charge < -0.3 is 10.1 Å². The van der Waals surface area contributed by atoms with Crippen LogP contribution in [0.5, 0.6) is 5.75 Å². The van der Waals surface area contributed by atoms with Crippen LogP contribution < -0.4 is 15.6 Å². The van der Waals surface area contributed by atoms with Crippen LogP contribution in [0.25, 0.3) is 15.9 Å². The minimum Gasteiger partial charge on any atom is -0.494 e. The number of amides is 1. The second-order valence-electron chi connectivity index (χ2n) is 10.3. The first-order valence-electron chi connectivity index (χ1n) is 14.0. The van der Waals surface area contributed by atoms with E-state index in [9.17, 15) is 9.59 Å². The lowest BCUT2D eigenvalue weighted by Crippen LogP contribution is -2.30. The van der Waals surface area contributed by atoms with Gasteiger partial charge in [0.05, 0.1) is 23.4 Å². The van der Waals surface area contributed by atoms with Crippen LogP contribution >= 0.6 is 23.1 Å². The van der Waals surface area contributed by atoms with E-state index in [4.69, 9.17) is 9.72 Å². The van der Waals surface area contributed by atoms with Crippen molar-refractivity contribution in [1.82, 2.24) is 14.5 Å². The van der Waals surface area contributed by atoms with Gasteiger partial charge in [-0.15, -0.1) is 11.3 Å². The topological polar surface area (TPSA) is 76.5 Å². The first-order valence-corrected chi connectivity index (χ1v) is 15.8. The first kappa shape index (κ1) is 28.2. The maximum atomic E-state index is 14.2. The molecule has 7 nitrogen and oxygen atoms in total. The predicted molar refractivity (Wildman–Crippen MR) is 171 cm³/mol. The Morgan fingerprint density at radius 1 is 1.07 bits per heavy atom. The molecule has 214 valence electrons. The van der Waals surface area contributed by atoms with Gasteiger partial charge in [0.1, 0.15) is 10.6 Å². The fraction of sp³-hybridized carbons (Fsp3) is 0.242. The highest BCUT2D eigenvalue weighted by atomic mass is 32.2. The molecule has 0 spiro atoms. The second kappa shape index (κ2) is 12.5. The van der Waals surface area contributed by atoms with Gasteiger partial charge in [0.2, 0.25) is 5.91 Å². The van der Waals surface area contributed by atoms with Gasteiger partial charge in [-0.1, -0.05) is 54.2 Å². The molecule has 2 aromatic heterocycles. The van der Waals surface area contributed by atoms with Gasteiger partial charge >= 0.3 is 0 Å². The number of aryl methyl sites for hydroxylation is 1. The molecule has 9 heteroatoms. The standard InChI is InChI=1S/C33H32N4O3S2/c1-3-40-26-14-12-25(13-15-26)37-32(39)30-27-16-17-36(19-23-9-5-4-6-10-23)20-28(27)42-31(30)35-33(37)41-21-29(38)34-24-11-7-8-22(2)18-24/h4-15,18H,3,16-17,19-21H2,1-2H3,(H,34,38). The number of rotatable bonds is 9. The third-order valence-electron chi connectivity index (χ3n) is 7.21. The Hall–Kier alpha value is -3.92. The SMILES string of the molecule is CCOc1ccc(-n2c(SCC(=O)Nc3cccc(C)c3)nc3sc4c(c3c2=O)CCN(Cc2ccccc2)C4)cc1. The van der Waals surface area contributed by atoms with Crippen molar-refractivity contribution in [2.45, 2.75) is 38.5 Å². The third kappa shape index (κ3) is 6.13. The van der Waals surface area contributed by atoms with Crippen molar-refractivity contribution in [2.75, 3.05) is 24.2 Å². The molecule has 1 amide bonds. The molecule has 0 radical (unpaired) electrons. The van der Waals surface area contributed by atoms with E-state index in [1.165, 1.54) is 22.2 Å². The number of anilines is 1. The zero-order chi connectivity index (χ0) is 29.1. The Bertz CT molecular complexity index is 1780. The Morgan fingerprint density at radius 3 is 2.64 bits per heavy atom. The van der Waals surface area contributed by atoms with Gasteiger partial charge in [-0.05, 0) is 73.4 Å². The lowest BCUT2D eigenvalue weighted by molar-refractivity contribution is -0.113. The lowest BCUT2D eigenvalue weighted by atomic mass is 10.0. The van der Waals surface area contributed by atoms with Crippen molar-refractivity contribution < 1.29 is 9.53 Å². The van der Waals surface area contributed by atoms with Gasteiger partial charge in [0.25, 0.3) is 5.56 Å². The highest BCUT2D eigenvalue weighted by Crippen LogP contribution is 2.35. The summed E-state index contributed by atoms with van der Waals surface area (Å²) in [5, 5.41) is 4.14. The van der Waals surface area contributed by atoms with Crippen LogP contribution in [0.1, 0.15) is 28.5 Å².